The number of rotatable bonds is 7. The first-order chi connectivity index (χ1) is 9.97. The average Bonchev–Trinajstić information content (AvgIpc) is 2.96. The molecule has 0 spiro atoms. The van der Waals surface area contributed by atoms with E-state index in [1.165, 1.54) is 17.4 Å². The van der Waals surface area contributed by atoms with Crippen LogP contribution in [0.25, 0.3) is 0 Å². The summed E-state index contributed by atoms with van der Waals surface area (Å²) < 4.78 is 0. The van der Waals surface area contributed by atoms with Gasteiger partial charge in [0.25, 0.3) is 0 Å². The molecule has 1 unspecified atom stereocenters. The van der Waals surface area contributed by atoms with E-state index in [0.29, 0.717) is 12.2 Å². The van der Waals surface area contributed by atoms with Gasteiger partial charge in [-0.1, -0.05) is 0 Å². The molecule has 114 valence electrons. The summed E-state index contributed by atoms with van der Waals surface area (Å²) in [6, 6.07) is 0.500. The molecule has 0 fully saturated rings. The van der Waals surface area contributed by atoms with E-state index in [9.17, 15) is 14.7 Å². The average molecular weight is 293 g/mol. The summed E-state index contributed by atoms with van der Waals surface area (Å²) in [5.41, 5.74) is 0.621. The van der Waals surface area contributed by atoms with E-state index in [4.69, 9.17) is 5.26 Å². The summed E-state index contributed by atoms with van der Waals surface area (Å²) >= 11 is 0. The Bertz CT molecular complexity index is 508. The van der Waals surface area contributed by atoms with Crippen LogP contribution in [-0.4, -0.2) is 51.1 Å². The molecule has 3 N–H and O–H groups in total. The molecule has 1 heterocycles. The van der Waals surface area contributed by atoms with Gasteiger partial charge in [-0.25, -0.2) is 14.6 Å². The quantitative estimate of drug-likeness (QED) is 0.679. The highest BCUT2D eigenvalue weighted by atomic mass is 16.4. The van der Waals surface area contributed by atoms with Gasteiger partial charge in [0.2, 0.25) is 0 Å². The predicted molar refractivity (Wildman–Crippen MR) is 74.3 cm³/mol. The third-order valence-corrected chi connectivity index (χ3v) is 2.96. The van der Waals surface area contributed by atoms with Crippen LogP contribution in [0.1, 0.15) is 19.5 Å². The van der Waals surface area contributed by atoms with Gasteiger partial charge in [-0.05, 0) is 13.8 Å². The number of nitrogens with one attached hydrogen (secondary N) is 2. The van der Waals surface area contributed by atoms with Crippen LogP contribution >= 0.6 is 0 Å². The number of imidazole rings is 1. The fraction of sp³-hybridized carbons (Fsp3) is 0.538. The molecule has 0 aliphatic carbocycles. The standard InChI is InChI=1S/C13H19N5O3/c1-3-18(7-9(2)5-14)13(21)17-11(12(19)20)4-10-6-15-8-16-10/h6,8-9,11H,3-4,7H2,1-2H3,(H,15,16)(H,17,21)(H,19,20)/t9?,11-/m0/s1. The van der Waals surface area contributed by atoms with E-state index in [0.717, 1.165) is 0 Å². The van der Waals surface area contributed by atoms with Crippen LogP contribution in [0.2, 0.25) is 0 Å². The molecule has 1 aromatic heterocycles. The number of carbonyl (C=O) groups is 2. The lowest BCUT2D eigenvalue weighted by atomic mass is 10.1. The van der Waals surface area contributed by atoms with Crippen LogP contribution in [0, 0.1) is 17.2 Å². The minimum absolute atomic E-state index is 0.117. The third kappa shape index (κ3) is 5.14. The fourth-order valence-corrected chi connectivity index (χ4v) is 1.78. The van der Waals surface area contributed by atoms with Gasteiger partial charge in [0, 0.05) is 31.4 Å². The predicted octanol–water partition coefficient (Wildman–Crippen LogP) is 0.597. The summed E-state index contributed by atoms with van der Waals surface area (Å²) in [5.74, 6) is -1.44. The zero-order valence-corrected chi connectivity index (χ0v) is 12.0. The first-order valence-electron chi connectivity index (χ1n) is 6.63. The second-order valence-electron chi connectivity index (χ2n) is 4.69. The summed E-state index contributed by atoms with van der Waals surface area (Å²) in [4.78, 5) is 31.3. The Morgan fingerprint density at radius 2 is 2.33 bits per heavy atom. The maximum absolute atomic E-state index is 12.1. The van der Waals surface area contributed by atoms with E-state index >= 15 is 0 Å². The largest absolute Gasteiger partial charge is 0.480 e. The molecule has 2 amide bonds. The van der Waals surface area contributed by atoms with Crippen molar-refractivity contribution in [2.45, 2.75) is 26.3 Å². The summed E-state index contributed by atoms with van der Waals surface area (Å²) in [5, 5.41) is 20.4. The normalized spacial score (nSPS) is 13.0. The number of aliphatic carboxylic acids is 1. The number of H-pyrrole nitrogens is 1. The lowest BCUT2D eigenvalue weighted by Gasteiger charge is -2.24. The van der Waals surface area contributed by atoms with Crippen LogP contribution in [0.4, 0.5) is 4.79 Å². The van der Waals surface area contributed by atoms with Gasteiger partial charge in [0.1, 0.15) is 6.04 Å². The maximum atomic E-state index is 12.1. The fourth-order valence-electron chi connectivity index (χ4n) is 1.78. The molecule has 0 bridgehead atoms. The van der Waals surface area contributed by atoms with Crippen molar-refractivity contribution in [2.75, 3.05) is 13.1 Å². The number of hydrogen-bond acceptors (Lipinski definition) is 4. The van der Waals surface area contributed by atoms with Gasteiger partial charge in [-0.15, -0.1) is 0 Å². The lowest BCUT2D eigenvalue weighted by molar-refractivity contribution is -0.139. The van der Waals surface area contributed by atoms with Crippen molar-refractivity contribution in [3.05, 3.63) is 18.2 Å². The number of nitrogens with zero attached hydrogens (tertiary/aromatic N) is 3. The van der Waals surface area contributed by atoms with Crippen molar-refractivity contribution in [3.63, 3.8) is 0 Å². The third-order valence-electron chi connectivity index (χ3n) is 2.96. The number of carboxylic acids is 1. The van der Waals surface area contributed by atoms with Crippen molar-refractivity contribution in [1.82, 2.24) is 20.2 Å². The van der Waals surface area contributed by atoms with E-state index in [2.05, 4.69) is 15.3 Å². The molecular weight excluding hydrogens is 274 g/mol. The SMILES string of the molecule is CCN(CC(C)C#N)C(=O)N[C@@H](Cc1cnc[nH]1)C(=O)O. The van der Waals surface area contributed by atoms with Crippen LogP contribution in [0.5, 0.6) is 0 Å². The minimum Gasteiger partial charge on any atom is -0.480 e. The Labute approximate surface area is 122 Å². The highest BCUT2D eigenvalue weighted by Gasteiger charge is 2.24. The summed E-state index contributed by atoms with van der Waals surface area (Å²) in [6.07, 6.45) is 3.08. The van der Waals surface area contributed by atoms with Crippen LogP contribution in [0.15, 0.2) is 12.5 Å². The summed E-state index contributed by atoms with van der Waals surface area (Å²) in [7, 11) is 0. The van der Waals surface area contributed by atoms with Crippen LogP contribution < -0.4 is 5.32 Å². The first kappa shape index (κ1) is 16.5. The van der Waals surface area contributed by atoms with E-state index in [1.807, 2.05) is 6.07 Å². The van der Waals surface area contributed by atoms with Gasteiger partial charge in [0.15, 0.2) is 0 Å². The molecule has 1 rings (SSSR count). The second kappa shape index (κ2) is 7.89. The van der Waals surface area contributed by atoms with E-state index in [1.54, 1.807) is 13.8 Å². The molecule has 8 nitrogen and oxygen atoms in total. The molecule has 0 saturated carbocycles. The van der Waals surface area contributed by atoms with Gasteiger partial charge < -0.3 is 20.3 Å². The molecule has 0 aliphatic rings. The number of urea groups is 1. The van der Waals surface area contributed by atoms with E-state index < -0.39 is 18.0 Å². The van der Waals surface area contributed by atoms with Gasteiger partial charge in [0.05, 0.1) is 18.3 Å². The van der Waals surface area contributed by atoms with Gasteiger partial charge in [-0.2, -0.15) is 5.26 Å². The second-order valence-corrected chi connectivity index (χ2v) is 4.69. The minimum atomic E-state index is -1.12. The molecule has 1 aromatic rings. The Balaban J connectivity index is 2.67. The number of carboxylic acid groups (broad SMARTS) is 1. The lowest BCUT2D eigenvalue weighted by Crippen LogP contribution is -2.49. The van der Waals surface area contributed by atoms with Crippen LogP contribution in [-0.2, 0) is 11.2 Å². The highest BCUT2D eigenvalue weighted by molar-refractivity contribution is 5.82. The van der Waals surface area contributed by atoms with Crippen LogP contribution in [0.3, 0.4) is 0 Å². The number of carbonyl (C=O) groups excluding carboxylic acids is 1. The highest BCUT2D eigenvalue weighted by Crippen LogP contribution is 2.03. The Morgan fingerprint density at radius 3 is 2.81 bits per heavy atom. The van der Waals surface area contributed by atoms with Crippen molar-refractivity contribution in [1.29, 1.82) is 5.26 Å². The molecule has 0 aromatic carbocycles. The number of amides is 2. The summed E-state index contributed by atoms with van der Waals surface area (Å²) in [6.45, 7) is 4.13. The molecular formula is C13H19N5O3. The van der Waals surface area contributed by atoms with E-state index in [-0.39, 0.29) is 18.9 Å². The smallest absolute Gasteiger partial charge is 0.326 e. The zero-order valence-electron chi connectivity index (χ0n) is 12.0. The maximum Gasteiger partial charge on any atom is 0.326 e. The molecule has 0 radical (unpaired) electrons. The molecule has 8 heteroatoms. The monoisotopic (exact) mass is 293 g/mol. The molecule has 0 saturated heterocycles. The number of hydrogen-bond donors (Lipinski definition) is 3. The Hall–Kier alpha value is -2.56. The van der Waals surface area contributed by atoms with Gasteiger partial charge in [-0.3, -0.25) is 0 Å². The number of aromatic amines is 1. The first-order valence-corrected chi connectivity index (χ1v) is 6.63. The molecule has 21 heavy (non-hydrogen) atoms. The molecule has 0 aliphatic heterocycles. The number of aromatic nitrogens is 2. The topological polar surface area (TPSA) is 122 Å². The van der Waals surface area contributed by atoms with Crippen molar-refractivity contribution < 1.29 is 14.7 Å². The Morgan fingerprint density at radius 1 is 1.62 bits per heavy atom. The number of nitriles is 1. The van der Waals surface area contributed by atoms with Crippen molar-refractivity contribution in [2.24, 2.45) is 5.92 Å². The van der Waals surface area contributed by atoms with Crippen molar-refractivity contribution in [3.8, 4) is 6.07 Å². The van der Waals surface area contributed by atoms with Crippen molar-refractivity contribution >= 4 is 12.0 Å². The Kier molecular flexibility index (Phi) is 6.20. The molecule has 2 atom stereocenters. The van der Waals surface area contributed by atoms with Gasteiger partial charge >= 0.3 is 12.0 Å². The zero-order chi connectivity index (χ0) is 15.8.